The van der Waals surface area contributed by atoms with Crippen LogP contribution in [0.1, 0.15) is 22.3 Å². The molecule has 0 aliphatic rings. The molecule has 0 fully saturated rings. The van der Waals surface area contributed by atoms with Gasteiger partial charge in [0.1, 0.15) is 5.82 Å². The lowest BCUT2D eigenvalue weighted by molar-refractivity contribution is 0.241. The van der Waals surface area contributed by atoms with Crippen LogP contribution in [-0.2, 0) is 12.8 Å². The molecular weight excluding hydrogens is 291 g/mol. The molecule has 0 aromatic heterocycles. The van der Waals surface area contributed by atoms with E-state index in [2.05, 4.69) is 42.7 Å². The Balaban J connectivity index is 1.68. The van der Waals surface area contributed by atoms with Gasteiger partial charge in [-0.1, -0.05) is 42.0 Å². The molecule has 0 heterocycles. The number of halogens is 1. The van der Waals surface area contributed by atoms with Crippen LogP contribution >= 0.6 is 0 Å². The highest BCUT2D eigenvalue weighted by molar-refractivity contribution is 5.73. The fourth-order valence-electron chi connectivity index (χ4n) is 2.51. The van der Waals surface area contributed by atoms with Gasteiger partial charge in [-0.2, -0.15) is 0 Å². The van der Waals surface area contributed by atoms with Crippen LogP contribution in [0.2, 0.25) is 0 Å². The molecule has 122 valence electrons. The minimum absolute atomic E-state index is 0.217. The number of hydrogen-bond acceptors (Lipinski definition) is 1. The highest BCUT2D eigenvalue weighted by Gasteiger charge is 2.04. The number of amides is 2. The zero-order valence-corrected chi connectivity index (χ0v) is 13.7. The number of rotatable bonds is 6. The average Bonchev–Trinajstić information content (AvgIpc) is 2.51. The number of hydrogen-bond donors (Lipinski definition) is 2. The molecule has 23 heavy (non-hydrogen) atoms. The first-order valence-electron chi connectivity index (χ1n) is 7.87. The molecule has 2 aromatic rings. The molecular formula is C19H23FN2O. The van der Waals surface area contributed by atoms with Crippen molar-refractivity contribution >= 4 is 6.03 Å². The minimum Gasteiger partial charge on any atom is -0.338 e. The Labute approximate surface area is 136 Å². The molecule has 3 nitrogen and oxygen atoms in total. The summed E-state index contributed by atoms with van der Waals surface area (Å²) in [5.74, 6) is -0.232. The Morgan fingerprint density at radius 3 is 2.26 bits per heavy atom. The monoisotopic (exact) mass is 314 g/mol. The summed E-state index contributed by atoms with van der Waals surface area (Å²) in [5, 5.41) is 5.58. The summed E-state index contributed by atoms with van der Waals surface area (Å²) in [7, 11) is 0. The van der Waals surface area contributed by atoms with Crippen LogP contribution in [-0.4, -0.2) is 19.1 Å². The maximum absolute atomic E-state index is 13.4. The van der Waals surface area contributed by atoms with Crippen molar-refractivity contribution in [2.45, 2.75) is 26.7 Å². The van der Waals surface area contributed by atoms with E-state index in [4.69, 9.17) is 0 Å². The first kappa shape index (κ1) is 17.0. The van der Waals surface area contributed by atoms with E-state index in [1.807, 2.05) is 0 Å². The van der Waals surface area contributed by atoms with E-state index in [9.17, 15) is 9.18 Å². The number of aryl methyl sites for hydroxylation is 2. The molecule has 0 atom stereocenters. The van der Waals surface area contributed by atoms with Crippen molar-refractivity contribution in [1.29, 1.82) is 0 Å². The average molecular weight is 314 g/mol. The second kappa shape index (κ2) is 8.32. The zero-order chi connectivity index (χ0) is 16.7. The number of carbonyl (C=O) groups is 1. The molecule has 0 aliphatic carbocycles. The highest BCUT2D eigenvalue weighted by atomic mass is 19.1. The summed E-state index contributed by atoms with van der Waals surface area (Å²) in [6.07, 6.45) is 1.28. The van der Waals surface area contributed by atoms with Crippen molar-refractivity contribution in [1.82, 2.24) is 10.6 Å². The van der Waals surface area contributed by atoms with Crippen LogP contribution < -0.4 is 10.6 Å². The van der Waals surface area contributed by atoms with Gasteiger partial charge >= 0.3 is 6.03 Å². The summed E-state index contributed by atoms with van der Waals surface area (Å²) in [6, 6.07) is 12.7. The largest absolute Gasteiger partial charge is 0.338 e. The van der Waals surface area contributed by atoms with E-state index in [0.29, 0.717) is 25.1 Å². The quantitative estimate of drug-likeness (QED) is 0.841. The van der Waals surface area contributed by atoms with Crippen molar-refractivity contribution in [3.05, 3.63) is 70.5 Å². The van der Waals surface area contributed by atoms with E-state index in [-0.39, 0.29) is 11.8 Å². The van der Waals surface area contributed by atoms with Gasteiger partial charge in [0.25, 0.3) is 0 Å². The minimum atomic E-state index is -0.232. The second-order valence-electron chi connectivity index (χ2n) is 5.70. The standard InChI is InChI=1S/C19H23FN2O/c1-14-7-8-16(15(2)13-14)9-11-21-19(23)22-12-10-17-5-3-4-6-18(17)20/h3-8,13H,9-12H2,1-2H3,(H2,21,22,23). The normalized spacial score (nSPS) is 10.4. The predicted octanol–water partition coefficient (Wildman–Crippen LogP) is 3.53. The van der Waals surface area contributed by atoms with Crippen molar-refractivity contribution in [2.75, 3.05) is 13.1 Å². The fourth-order valence-corrected chi connectivity index (χ4v) is 2.51. The van der Waals surface area contributed by atoms with Gasteiger partial charge in [0.2, 0.25) is 0 Å². The number of urea groups is 1. The Bertz CT molecular complexity index is 670. The van der Waals surface area contributed by atoms with Crippen LogP contribution in [0.15, 0.2) is 42.5 Å². The third kappa shape index (κ3) is 5.40. The van der Waals surface area contributed by atoms with E-state index in [1.54, 1.807) is 18.2 Å². The molecule has 0 bridgehead atoms. The summed E-state index contributed by atoms with van der Waals surface area (Å²) in [6.45, 7) is 5.14. The van der Waals surface area contributed by atoms with Crippen molar-refractivity contribution < 1.29 is 9.18 Å². The number of benzene rings is 2. The Kier molecular flexibility index (Phi) is 6.15. The molecule has 2 rings (SSSR count). The maximum Gasteiger partial charge on any atom is 0.314 e. The molecule has 2 aromatic carbocycles. The molecule has 0 unspecified atom stereocenters. The second-order valence-corrected chi connectivity index (χ2v) is 5.70. The summed E-state index contributed by atoms with van der Waals surface area (Å²) >= 11 is 0. The summed E-state index contributed by atoms with van der Waals surface area (Å²) < 4.78 is 13.4. The zero-order valence-electron chi connectivity index (χ0n) is 13.7. The Morgan fingerprint density at radius 1 is 0.957 bits per heavy atom. The van der Waals surface area contributed by atoms with Crippen LogP contribution in [0, 0.1) is 19.7 Å². The molecule has 4 heteroatoms. The summed E-state index contributed by atoms with van der Waals surface area (Å²) in [5.41, 5.74) is 4.34. The molecule has 2 N–H and O–H groups in total. The molecule has 0 saturated carbocycles. The molecule has 0 radical (unpaired) electrons. The Morgan fingerprint density at radius 2 is 1.61 bits per heavy atom. The van der Waals surface area contributed by atoms with E-state index in [1.165, 1.54) is 22.8 Å². The van der Waals surface area contributed by atoms with Gasteiger partial charge in [0, 0.05) is 13.1 Å². The van der Waals surface area contributed by atoms with Gasteiger partial charge in [-0.05, 0) is 49.4 Å². The predicted molar refractivity (Wildman–Crippen MR) is 91.1 cm³/mol. The molecule has 0 saturated heterocycles. The van der Waals surface area contributed by atoms with Gasteiger partial charge < -0.3 is 10.6 Å². The molecule has 0 aliphatic heterocycles. The van der Waals surface area contributed by atoms with Gasteiger partial charge in [-0.15, -0.1) is 0 Å². The molecule has 2 amide bonds. The van der Waals surface area contributed by atoms with Crippen LogP contribution in [0.5, 0.6) is 0 Å². The SMILES string of the molecule is Cc1ccc(CCNC(=O)NCCc2ccccc2F)c(C)c1. The van der Waals surface area contributed by atoms with E-state index in [0.717, 1.165) is 6.42 Å². The van der Waals surface area contributed by atoms with Crippen molar-refractivity contribution in [3.8, 4) is 0 Å². The molecule has 0 spiro atoms. The fraction of sp³-hybridized carbons (Fsp3) is 0.316. The number of nitrogens with one attached hydrogen (secondary N) is 2. The van der Waals surface area contributed by atoms with Gasteiger partial charge in [0.05, 0.1) is 0 Å². The van der Waals surface area contributed by atoms with Gasteiger partial charge in [0.15, 0.2) is 0 Å². The third-order valence-electron chi connectivity index (χ3n) is 3.82. The van der Waals surface area contributed by atoms with E-state index >= 15 is 0 Å². The lowest BCUT2D eigenvalue weighted by Crippen LogP contribution is -2.37. The topological polar surface area (TPSA) is 41.1 Å². The van der Waals surface area contributed by atoms with E-state index < -0.39 is 0 Å². The lowest BCUT2D eigenvalue weighted by atomic mass is 10.0. The smallest absolute Gasteiger partial charge is 0.314 e. The van der Waals surface area contributed by atoms with Gasteiger partial charge in [-0.25, -0.2) is 9.18 Å². The highest BCUT2D eigenvalue weighted by Crippen LogP contribution is 2.10. The summed E-state index contributed by atoms with van der Waals surface area (Å²) in [4.78, 5) is 11.7. The van der Waals surface area contributed by atoms with Gasteiger partial charge in [-0.3, -0.25) is 0 Å². The van der Waals surface area contributed by atoms with Crippen LogP contribution in [0.4, 0.5) is 9.18 Å². The van der Waals surface area contributed by atoms with Crippen molar-refractivity contribution in [2.24, 2.45) is 0 Å². The van der Waals surface area contributed by atoms with Crippen LogP contribution in [0.25, 0.3) is 0 Å². The van der Waals surface area contributed by atoms with Crippen LogP contribution in [0.3, 0.4) is 0 Å². The maximum atomic E-state index is 13.4. The lowest BCUT2D eigenvalue weighted by Gasteiger charge is -2.10. The van der Waals surface area contributed by atoms with Crippen molar-refractivity contribution in [3.63, 3.8) is 0 Å². The third-order valence-corrected chi connectivity index (χ3v) is 3.82. The first-order chi connectivity index (χ1) is 11.1. The first-order valence-corrected chi connectivity index (χ1v) is 7.87. The number of carbonyl (C=O) groups excluding carboxylic acids is 1. The Hall–Kier alpha value is -2.36.